The molecular formula is C20H25FN4O2. The van der Waals surface area contributed by atoms with Crippen LogP contribution in [0.1, 0.15) is 43.0 Å². The van der Waals surface area contributed by atoms with Crippen LogP contribution in [0.2, 0.25) is 0 Å². The highest BCUT2D eigenvalue weighted by atomic mass is 19.1. The van der Waals surface area contributed by atoms with Gasteiger partial charge in [-0.15, -0.1) is 0 Å². The van der Waals surface area contributed by atoms with Crippen molar-refractivity contribution in [3.8, 4) is 0 Å². The van der Waals surface area contributed by atoms with E-state index in [-0.39, 0.29) is 24.1 Å². The van der Waals surface area contributed by atoms with E-state index in [0.29, 0.717) is 32.5 Å². The zero-order chi connectivity index (χ0) is 19.4. The average molecular weight is 372 g/mol. The Morgan fingerprint density at radius 1 is 1.22 bits per heavy atom. The average Bonchev–Trinajstić information content (AvgIpc) is 3.04. The lowest BCUT2D eigenvalue weighted by molar-refractivity contribution is -0.131. The Morgan fingerprint density at radius 2 is 1.96 bits per heavy atom. The summed E-state index contributed by atoms with van der Waals surface area (Å²) in [5.41, 5.74) is 2.85. The van der Waals surface area contributed by atoms with Gasteiger partial charge in [-0.05, 0) is 24.6 Å². The van der Waals surface area contributed by atoms with E-state index in [1.54, 1.807) is 12.1 Å². The molecule has 0 bridgehead atoms. The number of aromatic nitrogens is 2. The second kappa shape index (κ2) is 8.33. The van der Waals surface area contributed by atoms with Gasteiger partial charge in [-0.25, -0.2) is 9.37 Å². The normalized spacial score (nSPS) is 13.4. The predicted molar refractivity (Wildman–Crippen MR) is 99.3 cm³/mol. The van der Waals surface area contributed by atoms with Crippen molar-refractivity contribution in [1.82, 2.24) is 19.8 Å². The predicted octanol–water partition coefficient (Wildman–Crippen LogP) is 2.20. The molecular weight excluding hydrogens is 347 g/mol. The van der Waals surface area contributed by atoms with Gasteiger partial charge in [0.25, 0.3) is 0 Å². The summed E-state index contributed by atoms with van der Waals surface area (Å²) in [4.78, 5) is 30.7. The monoisotopic (exact) mass is 372 g/mol. The second-order valence-electron chi connectivity index (χ2n) is 6.66. The summed E-state index contributed by atoms with van der Waals surface area (Å²) in [6.07, 6.45) is 1.40. The maximum Gasteiger partial charge on any atom is 0.227 e. The third-order valence-electron chi connectivity index (χ3n) is 4.90. The van der Waals surface area contributed by atoms with Crippen molar-refractivity contribution in [2.45, 2.75) is 52.7 Å². The molecule has 7 heteroatoms. The molecule has 0 radical (unpaired) electrons. The number of nitrogens with zero attached hydrogens (tertiary/aromatic N) is 3. The topological polar surface area (TPSA) is 67.2 Å². The zero-order valence-corrected chi connectivity index (χ0v) is 15.8. The van der Waals surface area contributed by atoms with E-state index in [1.807, 2.05) is 18.7 Å². The first-order valence-corrected chi connectivity index (χ1v) is 9.37. The highest BCUT2D eigenvalue weighted by Gasteiger charge is 2.26. The summed E-state index contributed by atoms with van der Waals surface area (Å²) < 4.78 is 15.1. The van der Waals surface area contributed by atoms with Crippen LogP contribution in [0.5, 0.6) is 0 Å². The van der Waals surface area contributed by atoms with Crippen molar-refractivity contribution in [2.24, 2.45) is 0 Å². The molecule has 1 aliphatic rings. The summed E-state index contributed by atoms with van der Waals surface area (Å²) in [7, 11) is 0. The lowest BCUT2D eigenvalue weighted by atomic mass is 10.1. The van der Waals surface area contributed by atoms with Crippen LogP contribution < -0.4 is 5.32 Å². The largest absolute Gasteiger partial charge is 0.349 e. The highest BCUT2D eigenvalue weighted by Crippen LogP contribution is 2.21. The first-order chi connectivity index (χ1) is 13.0. The summed E-state index contributed by atoms with van der Waals surface area (Å²) in [6.45, 7) is 6.12. The molecule has 144 valence electrons. The molecule has 1 aromatic carbocycles. The molecule has 2 aromatic rings. The number of halogens is 1. The van der Waals surface area contributed by atoms with Gasteiger partial charge in [0.1, 0.15) is 11.6 Å². The molecule has 1 aromatic heterocycles. The number of fused-ring (bicyclic) bond motifs is 1. The van der Waals surface area contributed by atoms with E-state index >= 15 is 0 Å². The molecule has 2 heterocycles. The van der Waals surface area contributed by atoms with Crippen LogP contribution in [0.15, 0.2) is 24.3 Å². The fraction of sp³-hybridized carbons (Fsp3) is 0.450. The van der Waals surface area contributed by atoms with Crippen molar-refractivity contribution in [3.05, 3.63) is 52.9 Å². The van der Waals surface area contributed by atoms with E-state index in [2.05, 4.69) is 14.9 Å². The Bertz CT molecular complexity index is 829. The van der Waals surface area contributed by atoms with Gasteiger partial charge >= 0.3 is 0 Å². The van der Waals surface area contributed by atoms with Gasteiger partial charge in [0.15, 0.2) is 0 Å². The molecule has 0 unspecified atom stereocenters. The third-order valence-corrected chi connectivity index (χ3v) is 4.90. The minimum Gasteiger partial charge on any atom is -0.349 e. The van der Waals surface area contributed by atoms with Gasteiger partial charge in [-0.3, -0.25) is 9.59 Å². The summed E-state index contributed by atoms with van der Waals surface area (Å²) in [6, 6.07) is 6.04. The molecule has 1 N–H and O–H groups in total. The summed E-state index contributed by atoms with van der Waals surface area (Å²) in [5, 5.41) is 2.87. The first kappa shape index (κ1) is 19.1. The van der Waals surface area contributed by atoms with E-state index < -0.39 is 0 Å². The Morgan fingerprint density at radius 3 is 2.63 bits per heavy atom. The molecule has 2 amide bonds. The Kier molecular flexibility index (Phi) is 5.88. The number of hydrogen-bond donors (Lipinski definition) is 1. The third kappa shape index (κ3) is 4.35. The number of benzene rings is 1. The SMILES string of the molecule is CCC(=O)NCc1nc2c(n1CC)CN(C(=O)Cc1ccc(F)cc1)CC2. The van der Waals surface area contributed by atoms with Crippen LogP contribution in [-0.4, -0.2) is 32.8 Å². The van der Waals surface area contributed by atoms with Gasteiger partial charge in [-0.1, -0.05) is 19.1 Å². The summed E-state index contributed by atoms with van der Waals surface area (Å²) >= 11 is 0. The van der Waals surface area contributed by atoms with Crippen LogP contribution in [-0.2, 0) is 42.1 Å². The standard InChI is InChI=1S/C20H25FN4O2/c1-3-19(26)22-12-18-23-16-9-10-24(13-17(16)25(18)4-2)20(27)11-14-5-7-15(21)8-6-14/h5-8H,3-4,9-13H2,1-2H3,(H,22,26). The minimum absolute atomic E-state index is 0.00488. The lowest BCUT2D eigenvalue weighted by Crippen LogP contribution is -2.37. The number of amides is 2. The molecule has 3 rings (SSSR count). The van der Waals surface area contributed by atoms with Crippen LogP contribution in [0.4, 0.5) is 4.39 Å². The highest BCUT2D eigenvalue weighted by molar-refractivity contribution is 5.79. The number of hydrogen-bond acceptors (Lipinski definition) is 3. The van der Waals surface area contributed by atoms with E-state index in [0.717, 1.165) is 29.3 Å². The van der Waals surface area contributed by atoms with Crippen molar-refractivity contribution in [1.29, 1.82) is 0 Å². The maximum absolute atomic E-state index is 13.0. The van der Waals surface area contributed by atoms with Crippen molar-refractivity contribution in [2.75, 3.05) is 6.54 Å². The number of rotatable bonds is 6. The number of imidazole rings is 1. The molecule has 6 nitrogen and oxygen atoms in total. The Hall–Kier alpha value is -2.70. The number of carbonyl (C=O) groups is 2. The quantitative estimate of drug-likeness (QED) is 0.845. The second-order valence-corrected chi connectivity index (χ2v) is 6.66. The van der Waals surface area contributed by atoms with E-state index in [9.17, 15) is 14.0 Å². The van der Waals surface area contributed by atoms with Crippen LogP contribution in [0.3, 0.4) is 0 Å². The van der Waals surface area contributed by atoms with Gasteiger partial charge in [0, 0.05) is 25.9 Å². The number of carbonyl (C=O) groups excluding carboxylic acids is 2. The zero-order valence-electron chi connectivity index (χ0n) is 15.8. The molecule has 0 saturated heterocycles. The van der Waals surface area contributed by atoms with Crippen molar-refractivity contribution in [3.63, 3.8) is 0 Å². The van der Waals surface area contributed by atoms with Gasteiger partial charge in [-0.2, -0.15) is 0 Å². The van der Waals surface area contributed by atoms with Crippen molar-refractivity contribution >= 4 is 11.8 Å². The van der Waals surface area contributed by atoms with Crippen molar-refractivity contribution < 1.29 is 14.0 Å². The smallest absolute Gasteiger partial charge is 0.227 e. The molecule has 0 aliphatic carbocycles. The van der Waals surface area contributed by atoms with Crippen LogP contribution >= 0.6 is 0 Å². The van der Waals surface area contributed by atoms with E-state index in [1.165, 1.54) is 12.1 Å². The fourth-order valence-corrected chi connectivity index (χ4v) is 3.38. The molecule has 0 saturated carbocycles. The molecule has 0 spiro atoms. The Labute approximate surface area is 158 Å². The maximum atomic E-state index is 13.0. The van der Waals surface area contributed by atoms with Gasteiger partial charge in [0.2, 0.25) is 11.8 Å². The van der Waals surface area contributed by atoms with E-state index in [4.69, 9.17) is 0 Å². The first-order valence-electron chi connectivity index (χ1n) is 9.37. The molecule has 27 heavy (non-hydrogen) atoms. The summed E-state index contributed by atoms with van der Waals surface area (Å²) in [5.74, 6) is 0.548. The molecule has 1 aliphatic heterocycles. The lowest BCUT2D eigenvalue weighted by Gasteiger charge is -2.27. The van der Waals surface area contributed by atoms with Gasteiger partial charge in [0.05, 0.1) is 30.9 Å². The molecule has 0 fully saturated rings. The minimum atomic E-state index is -0.302. The Balaban J connectivity index is 1.71. The fourth-order valence-electron chi connectivity index (χ4n) is 3.38. The number of nitrogens with one attached hydrogen (secondary N) is 1. The molecule has 0 atom stereocenters. The van der Waals surface area contributed by atoms with Gasteiger partial charge < -0.3 is 14.8 Å². The van der Waals surface area contributed by atoms with Crippen LogP contribution in [0.25, 0.3) is 0 Å². The van der Waals surface area contributed by atoms with Crippen LogP contribution in [0, 0.1) is 5.82 Å².